The molecule has 0 aromatic carbocycles. The molecule has 10 heteroatoms. The van der Waals surface area contributed by atoms with Gasteiger partial charge in [0.05, 0.1) is 28.0 Å². The van der Waals surface area contributed by atoms with Crippen LogP contribution in [0.4, 0.5) is 5.82 Å². The van der Waals surface area contributed by atoms with Gasteiger partial charge in [0, 0.05) is 86.8 Å². The Morgan fingerprint density at radius 2 is 2.03 bits per heavy atom. The summed E-state index contributed by atoms with van der Waals surface area (Å²) < 4.78 is 1.72. The number of nitrogens with two attached hydrogens (primary N) is 1. The normalized spacial score (nSPS) is 14.9. The zero-order valence-electron chi connectivity index (χ0n) is 21.4. The minimum atomic E-state index is 0.506. The second kappa shape index (κ2) is 11.5. The van der Waals surface area contributed by atoms with E-state index in [1.54, 1.807) is 35.7 Å². The van der Waals surface area contributed by atoms with Crippen molar-refractivity contribution in [1.82, 2.24) is 24.5 Å². The van der Waals surface area contributed by atoms with E-state index in [1.807, 2.05) is 30.6 Å². The van der Waals surface area contributed by atoms with E-state index in [1.165, 1.54) is 6.20 Å². The van der Waals surface area contributed by atoms with E-state index in [9.17, 15) is 5.26 Å². The summed E-state index contributed by atoms with van der Waals surface area (Å²) >= 11 is 1.67. The lowest BCUT2D eigenvalue weighted by Gasteiger charge is -2.35. The van der Waals surface area contributed by atoms with Crippen molar-refractivity contribution in [2.45, 2.75) is 11.6 Å². The van der Waals surface area contributed by atoms with Gasteiger partial charge in [0.2, 0.25) is 0 Å². The van der Waals surface area contributed by atoms with Crippen LogP contribution in [0.2, 0.25) is 0 Å². The molecule has 4 aromatic rings. The molecule has 0 saturated carbocycles. The molecule has 1 aliphatic heterocycles. The fourth-order valence-electron chi connectivity index (χ4n) is 4.69. The van der Waals surface area contributed by atoms with Crippen LogP contribution in [0, 0.1) is 11.3 Å². The predicted molar refractivity (Wildman–Crippen MR) is 153 cm³/mol. The van der Waals surface area contributed by atoms with Crippen molar-refractivity contribution in [3.63, 3.8) is 0 Å². The van der Waals surface area contributed by atoms with Crippen LogP contribution in [0.3, 0.4) is 0 Å². The predicted octanol–water partition coefficient (Wildman–Crippen LogP) is 3.71. The Balaban J connectivity index is 1.35. The summed E-state index contributed by atoms with van der Waals surface area (Å²) in [6.45, 7) is 4.56. The lowest BCUT2D eigenvalue weighted by atomic mass is 10.0. The van der Waals surface area contributed by atoms with Gasteiger partial charge in [-0.2, -0.15) is 10.4 Å². The summed E-state index contributed by atoms with van der Waals surface area (Å²) in [6, 6.07) is 14.6. The first-order valence-electron chi connectivity index (χ1n) is 12.3. The van der Waals surface area contributed by atoms with Gasteiger partial charge < -0.3 is 10.6 Å². The molecule has 4 aromatic heterocycles. The molecule has 192 valence electrons. The number of pyridine rings is 3. The summed E-state index contributed by atoms with van der Waals surface area (Å²) in [6.07, 6.45) is 10.6. The average molecular weight is 524 g/mol. The van der Waals surface area contributed by atoms with Crippen LogP contribution in [-0.2, 0) is 6.54 Å². The van der Waals surface area contributed by atoms with Gasteiger partial charge in [0.15, 0.2) is 0 Å². The summed E-state index contributed by atoms with van der Waals surface area (Å²) in [5.41, 5.74) is 11.6. The average Bonchev–Trinajstić information content (AvgIpc) is 3.39. The Labute approximate surface area is 226 Å². The number of aliphatic imine (C=N–C) groups is 1. The highest BCUT2D eigenvalue weighted by atomic mass is 32.2. The molecular formula is C28H29N9S. The number of rotatable bonds is 7. The largest absolute Gasteiger partial charge is 0.404 e. The number of piperazine rings is 1. The first-order valence-corrected chi connectivity index (χ1v) is 13.6. The summed E-state index contributed by atoms with van der Waals surface area (Å²) in [4.78, 5) is 18.4. The van der Waals surface area contributed by atoms with Crippen molar-refractivity contribution in [3.8, 4) is 17.2 Å². The molecular weight excluding hydrogens is 494 g/mol. The lowest BCUT2D eigenvalue weighted by Crippen LogP contribution is -2.46. The van der Waals surface area contributed by atoms with E-state index in [0.29, 0.717) is 5.56 Å². The molecule has 0 unspecified atom stereocenters. The number of aromatic nitrogens is 4. The van der Waals surface area contributed by atoms with Crippen molar-refractivity contribution in [2.75, 3.05) is 44.4 Å². The molecule has 0 radical (unpaired) electrons. The SMILES string of the molecule is CN=CC(=CN)c1cc(-c2ccc(N3CCN(Cc4cccc(SC)n4)CC3)nc2)c2c(C#N)cnn2c1. The Kier molecular flexibility index (Phi) is 7.67. The third-order valence-corrected chi connectivity index (χ3v) is 7.29. The first kappa shape index (κ1) is 25.4. The van der Waals surface area contributed by atoms with Gasteiger partial charge in [-0.1, -0.05) is 6.07 Å². The third kappa shape index (κ3) is 5.25. The standard InChI is InChI=1S/C28H29N9S/c1-31-15-22(13-29)21-12-25(28-23(14-30)17-33-37(28)18-21)20-6-7-26(32-16-20)36-10-8-35(9-11-36)19-24-4-3-5-27(34-24)38-2/h3-7,12-13,15-18H,8-11,19,29H2,1-2H3. The van der Waals surface area contributed by atoms with E-state index in [-0.39, 0.29) is 0 Å². The number of thioether (sulfide) groups is 1. The van der Waals surface area contributed by atoms with Gasteiger partial charge in [0.1, 0.15) is 11.9 Å². The number of hydrogen-bond donors (Lipinski definition) is 1. The molecule has 38 heavy (non-hydrogen) atoms. The van der Waals surface area contributed by atoms with Crippen LogP contribution in [-0.4, -0.2) is 70.2 Å². The molecule has 0 spiro atoms. The number of nitrogens with zero attached hydrogens (tertiary/aromatic N) is 8. The molecule has 0 bridgehead atoms. The van der Waals surface area contributed by atoms with E-state index < -0.39 is 0 Å². The highest BCUT2D eigenvalue weighted by molar-refractivity contribution is 7.98. The molecule has 5 rings (SSSR count). The molecule has 1 saturated heterocycles. The molecule has 1 aliphatic rings. The summed E-state index contributed by atoms with van der Waals surface area (Å²) in [5.74, 6) is 0.942. The number of anilines is 1. The maximum absolute atomic E-state index is 9.67. The van der Waals surface area contributed by atoms with Crippen LogP contribution >= 0.6 is 11.8 Å². The van der Waals surface area contributed by atoms with Crippen LogP contribution in [0.25, 0.3) is 22.2 Å². The van der Waals surface area contributed by atoms with Crippen LogP contribution in [0.5, 0.6) is 0 Å². The van der Waals surface area contributed by atoms with Gasteiger partial charge in [-0.25, -0.2) is 14.5 Å². The number of fused-ring (bicyclic) bond motifs is 1. The maximum Gasteiger partial charge on any atom is 0.128 e. The molecule has 5 heterocycles. The molecule has 9 nitrogen and oxygen atoms in total. The van der Waals surface area contributed by atoms with Gasteiger partial charge in [0.25, 0.3) is 0 Å². The quantitative estimate of drug-likeness (QED) is 0.288. The van der Waals surface area contributed by atoms with Gasteiger partial charge in [-0.15, -0.1) is 11.8 Å². The van der Waals surface area contributed by atoms with Crippen molar-refractivity contribution in [3.05, 3.63) is 78.0 Å². The monoisotopic (exact) mass is 523 g/mol. The smallest absolute Gasteiger partial charge is 0.128 e. The Morgan fingerprint density at radius 3 is 2.71 bits per heavy atom. The van der Waals surface area contributed by atoms with Gasteiger partial charge >= 0.3 is 0 Å². The molecule has 1 fully saturated rings. The number of allylic oxidation sites excluding steroid dienone is 1. The zero-order chi connectivity index (χ0) is 26.5. The van der Waals surface area contributed by atoms with Gasteiger partial charge in [-0.3, -0.25) is 9.89 Å². The van der Waals surface area contributed by atoms with E-state index in [4.69, 9.17) is 15.7 Å². The summed E-state index contributed by atoms with van der Waals surface area (Å²) in [5, 5.41) is 15.1. The highest BCUT2D eigenvalue weighted by Gasteiger charge is 2.20. The molecule has 0 aliphatic carbocycles. The van der Waals surface area contributed by atoms with Crippen molar-refractivity contribution < 1.29 is 0 Å². The Morgan fingerprint density at radius 1 is 1.18 bits per heavy atom. The Hall–Kier alpha value is -4.20. The third-order valence-electron chi connectivity index (χ3n) is 6.64. The maximum atomic E-state index is 9.67. The van der Waals surface area contributed by atoms with Crippen LogP contribution < -0.4 is 10.6 Å². The second-order valence-corrected chi connectivity index (χ2v) is 9.78. The molecule has 0 amide bonds. The molecule has 2 N–H and O–H groups in total. The van der Waals surface area contributed by atoms with Gasteiger partial charge in [-0.05, 0) is 36.6 Å². The van der Waals surface area contributed by atoms with E-state index in [2.05, 4.69) is 50.4 Å². The summed E-state index contributed by atoms with van der Waals surface area (Å²) in [7, 11) is 1.70. The topological polar surface area (TPSA) is 112 Å². The van der Waals surface area contributed by atoms with E-state index in [0.717, 1.165) is 77.0 Å². The van der Waals surface area contributed by atoms with E-state index >= 15 is 0 Å². The zero-order valence-corrected chi connectivity index (χ0v) is 22.3. The number of hydrogen-bond acceptors (Lipinski definition) is 9. The highest BCUT2D eigenvalue weighted by Crippen LogP contribution is 2.30. The second-order valence-electron chi connectivity index (χ2n) is 8.95. The minimum Gasteiger partial charge on any atom is -0.404 e. The lowest BCUT2D eigenvalue weighted by molar-refractivity contribution is 0.246. The Bertz CT molecular complexity index is 1520. The van der Waals surface area contributed by atoms with Crippen molar-refractivity contribution in [1.29, 1.82) is 5.26 Å². The fraction of sp³-hybridized carbons (Fsp3) is 0.250. The minimum absolute atomic E-state index is 0.506. The first-order chi connectivity index (χ1) is 18.6. The van der Waals surface area contributed by atoms with Crippen molar-refractivity contribution in [2.24, 2.45) is 10.7 Å². The molecule has 0 atom stereocenters. The van der Waals surface area contributed by atoms with Crippen molar-refractivity contribution >= 4 is 34.9 Å². The van der Waals surface area contributed by atoms with Crippen LogP contribution in [0.15, 0.2) is 71.2 Å². The fourth-order valence-corrected chi connectivity index (χ4v) is 5.11. The number of nitriles is 1. The van der Waals surface area contributed by atoms with Crippen LogP contribution in [0.1, 0.15) is 16.8 Å².